The van der Waals surface area contributed by atoms with Crippen molar-refractivity contribution in [1.82, 2.24) is 0 Å². The molecule has 0 aromatic carbocycles. The van der Waals surface area contributed by atoms with Crippen LogP contribution in [-0.2, 0) is 6.42 Å². The van der Waals surface area contributed by atoms with Crippen LogP contribution in [0.3, 0.4) is 0 Å². The van der Waals surface area contributed by atoms with E-state index in [-0.39, 0.29) is 6.04 Å². The highest BCUT2D eigenvalue weighted by molar-refractivity contribution is 4.98. The van der Waals surface area contributed by atoms with Gasteiger partial charge >= 0.3 is 0 Å². The average molecular weight is 139 g/mol. The van der Waals surface area contributed by atoms with Gasteiger partial charge in [0.2, 0.25) is 0 Å². The molecule has 0 unspecified atom stereocenters. The molecule has 0 aliphatic carbocycles. The smallest absolute Gasteiger partial charge is 0.103 e. The molecule has 56 valence electrons. The van der Waals surface area contributed by atoms with Crippen molar-refractivity contribution < 1.29 is 4.42 Å². The highest BCUT2D eigenvalue weighted by Crippen LogP contribution is 2.04. The van der Waals surface area contributed by atoms with Crippen molar-refractivity contribution in [2.75, 3.05) is 0 Å². The normalized spacial score (nSPS) is 13.4. The van der Waals surface area contributed by atoms with Crippen LogP contribution in [0.2, 0.25) is 0 Å². The minimum Gasteiger partial charge on any atom is -0.469 e. The fourth-order valence-electron chi connectivity index (χ4n) is 0.825. The first-order valence-electron chi connectivity index (χ1n) is 3.57. The third kappa shape index (κ3) is 2.23. The molecule has 2 nitrogen and oxygen atoms in total. The molecular weight excluding hydrogens is 126 g/mol. The number of nitrogens with two attached hydrogens (primary N) is 1. The molecule has 1 aromatic rings. The Labute approximate surface area is 61.0 Å². The molecule has 0 bridgehead atoms. The van der Waals surface area contributed by atoms with Gasteiger partial charge in [-0.15, -0.1) is 0 Å². The Morgan fingerprint density at radius 1 is 1.70 bits per heavy atom. The Bertz CT molecular complexity index is 167. The van der Waals surface area contributed by atoms with E-state index >= 15 is 0 Å². The quantitative estimate of drug-likeness (QED) is 0.690. The van der Waals surface area contributed by atoms with Gasteiger partial charge in [-0.3, -0.25) is 0 Å². The number of hydrogen-bond acceptors (Lipinski definition) is 2. The summed E-state index contributed by atoms with van der Waals surface area (Å²) in [5.41, 5.74) is 5.57. The monoisotopic (exact) mass is 139 g/mol. The van der Waals surface area contributed by atoms with Crippen LogP contribution in [0.25, 0.3) is 0 Å². The topological polar surface area (TPSA) is 39.2 Å². The molecule has 0 aliphatic heterocycles. The van der Waals surface area contributed by atoms with E-state index in [4.69, 9.17) is 10.2 Å². The zero-order valence-corrected chi connectivity index (χ0v) is 6.21. The zero-order chi connectivity index (χ0) is 7.40. The second-order valence-corrected chi connectivity index (χ2v) is 2.60. The first-order chi connectivity index (χ1) is 4.79. The highest BCUT2D eigenvalue weighted by atomic mass is 16.3. The van der Waals surface area contributed by atoms with Crippen LogP contribution in [0, 0.1) is 0 Å². The molecule has 0 amide bonds. The Morgan fingerprint density at radius 3 is 3.00 bits per heavy atom. The Kier molecular flexibility index (Phi) is 2.51. The lowest BCUT2D eigenvalue weighted by molar-refractivity contribution is 0.491. The zero-order valence-electron chi connectivity index (χ0n) is 6.21. The van der Waals surface area contributed by atoms with Gasteiger partial charge in [0.1, 0.15) is 5.76 Å². The van der Waals surface area contributed by atoms with E-state index in [9.17, 15) is 0 Å². The lowest BCUT2D eigenvalue weighted by Gasteiger charge is -2.00. The molecule has 1 heterocycles. The highest BCUT2D eigenvalue weighted by Gasteiger charge is 1.97. The van der Waals surface area contributed by atoms with Crippen LogP contribution in [0.1, 0.15) is 19.1 Å². The van der Waals surface area contributed by atoms with E-state index in [0.29, 0.717) is 0 Å². The largest absolute Gasteiger partial charge is 0.469 e. The third-order valence-corrected chi connectivity index (χ3v) is 1.43. The van der Waals surface area contributed by atoms with Crippen LogP contribution in [0.4, 0.5) is 0 Å². The van der Waals surface area contributed by atoms with Crippen molar-refractivity contribution in [2.45, 2.75) is 25.8 Å². The van der Waals surface area contributed by atoms with Gasteiger partial charge in [0.05, 0.1) is 6.26 Å². The summed E-state index contributed by atoms with van der Waals surface area (Å²) in [4.78, 5) is 0. The molecule has 2 N–H and O–H groups in total. The number of hydrogen-bond donors (Lipinski definition) is 1. The second kappa shape index (κ2) is 3.42. The van der Waals surface area contributed by atoms with Gasteiger partial charge in [0.15, 0.2) is 0 Å². The Morgan fingerprint density at radius 2 is 2.50 bits per heavy atom. The van der Waals surface area contributed by atoms with E-state index < -0.39 is 0 Å². The fourth-order valence-corrected chi connectivity index (χ4v) is 0.825. The van der Waals surface area contributed by atoms with Gasteiger partial charge in [-0.25, -0.2) is 0 Å². The summed E-state index contributed by atoms with van der Waals surface area (Å²) in [6.45, 7) is 2.00. The molecule has 1 rings (SSSR count). The van der Waals surface area contributed by atoms with E-state index in [0.717, 1.165) is 18.6 Å². The molecule has 0 aliphatic rings. The maximum absolute atomic E-state index is 5.57. The molecular formula is C8H13NO. The minimum absolute atomic E-state index is 0.269. The lowest BCUT2D eigenvalue weighted by atomic mass is 10.2. The molecule has 10 heavy (non-hydrogen) atoms. The summed E-state index contributed by atoms with van der Waals surface area (Å²) in [5.74, 6) is 1.03. The molecule has 0 saturated heterocycles. The van der Waals surface area contributed by atoms with Gasteiger partial charge < -0.3 is 10.2 Å². The maximum Gasteiger partial charge on any atom is 0.103 e. The summed E-state index contributed by atoms with van der Waals surface area (Å²) < 4.78 is 5.13. The molecule has 2 heteroatoms. The third-order valence-electron chi connectivity index (χ3n) is 1.43. The number of furan rings is 1. The summed E-state index contributed by atoms with van der Waals surface area (Å²) in [7, 11) is 0. The van der Waals surface area contributed by atoms with Gasteiger partial charge in [0.25, 0.3) is 0 Å². The molecule has 0 radical (unpaired) electrons. The fraction of sp³-hybridized carbons (Fsp3) is 0.500. The maximum atomic E-state index is 5.57. The first-order valence-corrected chi connectivity index (χ1v) is 3.57. The SMILES string of the molecule is C[C@H](N)CCc1ccco1. The Hall–Kier alpha value is -0.760. The molecule has 0 saturated carbocycles. The average Bonchev–Trinajstić information content (AvgIpc) is 2.34. The summed E-state index contributed by atoms with van der Waals surface area (Å²) in [5, 5.41) is 0. The van der Waals surface area contributed by atoms with Crippen molar-refractivity contribution in [1.29, 1.82) is 0 Å². The van der Waals surface area contributed by atoms with Crippen molar-refractivity contribution in [2.24, 2.45) is 5.73 Å². The van der Waals surface area contributed by atoms with Crippen LogP contribution in [0.15, 0.2) is 22.8 Å². The van der Waals surface area contributed by atoms with Gasteiger partial charge in [-0.1, -0.05) is 0 Å². The van der Waals surface area contributed by atoms with Crippen LogP contribution in [-0.4, -0.2) is 6.04 Å². The molecule has 1 atom stereocenters. The summed E-state index contributed by atoms with van der Waals surface area (Å²) >= 11 is 0. The Balaban J connectivity index is 2.28. The molecule has 0 spiro atoms. The predicted octanol–water partition coefficient (Wildman–Crippen LogP) is 1.56. The van der Waals surface area contributed by atoms with Crippen LogP contribution < -0.4 is 5.73 Å². The standard InChI is InChI=1S/C8H13NO/c1-7(9)4-5-8-3-2-6-10-8/h2-3,6-7H,4-5,9H2,1H3/t7-/m0/s1. The van der Waals surface area contributed by atoms with E-state index in [1.807, 2.05) is 19.1 Å². The van der Waals surface area contributed by atoms with E-state index in [2.05, 4.69) is 0 Å². The number of rotatable bonds is 3. The first kappa shape index (κ1) is 7.35. The van der Waals surface area contributed by atoms with Crippen molar-refractivity contribution in [3.8, 4) is 0 Å². The minimum atomic E-state index is 0.269. The van der Waals surface area contributed by atoms with Gasteiger partial charge in [-0.2, -0.15) is 0 Å². The van der Waals surface area contributed by atoms with Gasteiger partial charge in [0, 0.05) is 12.5 Å². The predicted molar refractivity (Wildman–Crippen MR) is 40.7 cm³/mol. The molecule has 1 aromatic heterocycles. The van der Waals surface area contributed by atoms with Crippen molar-refractivity contribution in [3.63, 3.8) is 0 Å². The second-order valence-electron chi connectivity index (χ2n) is 2.60. The van der Waals surface area contributed by atoms with Crippen LogP contribution >= 0.6 is 0 Å². The molecule has 0 fully saturated rings. The van der Waals surface area contributed by atoms with E-state index in [1.54, 1.807) is 6.26 Å². The van der Waals surface area contributed by atoms with Gasteiger partial charge in [-0.05, 0) is 25.5 Å². The summed E-state index contributed by atoms with van der Waals surface area (Å²) in [6, 6.07) is 4.14. The summed E-state index contributed by atoms with van der Waals surface area (Å²) in [6.07, 6.45) is 3.63. The van der Waals surface area contributed by atoms with Crippen molar-refractivity contribution in [3.05, 3.63) is 24.2 Å². The van der Waals surface area contributed by atoms with Crippen molar-refractivity contribution >= 4 is 0 Å². The number of aryl methyl sites for hydroxylation is 1. The van der Waals surface area contributed by atoms with E-state index in [1.165, 1.54) is 0 Å². The lowest BCUT2D eigenvalue weighted by Crippen LogP contribution is -2.15. The van der Waals surface area contributed by atoms with Crippen LogP contribution in [0.5, 0.6) is 0 Å².